The summed E-state index contributed by atoms with van der Waals surface area (Å²) in [5, 5.41) is 2.14. The number of hydrogen-bond donors (Lipinski definition) is 0. The summed E-state index contributed by atoms with van der Waals surface area (Å²) in [4.78, 5) is 14.8. The van der Waals surface area contributed by atoms with Gasteiger partial charge in [-0.05, 0) is 23.4 Å². The maximum Gasteiger partial charge on any atom is 0.148 e. The normalized spacial score (nSPS) is 17.9. The van der Waals surface area contributed by atoms with Gasteiger partial charge in [0.15, 0.2) is 0 Å². The molecule has 0 spiro atoms. The van der Waals surface area contributed by atoms with Gasteiger partial charge < -0.3 is 0 Å². The second kappa shape index (κ2) is 4.24. The van der Waals surface area contributed by atoms with E-state index in [1.165, 1.54) is 10.4 Å². The Labute approximate surface area is 88.5 Å². The summed E-state index contributed by atoms with van der Waals surface area (Å²) in [5.74, 6) is 0.389. The molecule has 1 saturated heterocycles. The highest BCUT2D eigenvalue weighted by Crippen LogP contribution is 2.20. The van der Waals surface area contributed by atoms with Crippen LogP contribution in [-0.2, 0) is 17.8 Å². The van der Waals surface area contributed by atoms with Crippen LogP contribution in [0.3, 0.4) is 0 Å². The van der Waals surface area contributed by atoms with Gasteiger partial charge in [0.2, 0.25) is 0 Å². The summed E-state index contributed by atoms with van der Waals surface area (Å²) in [6.45, 7) is 4.74. The average molecular weight is 209 g/mol. The molecule has 2 nitrogen and oxygen atoms in total. The summed E-state index contributed by atoms with van der Waals surface area (Å²) in [6, 6.07) is 2.19. The van der Waals surface area contributed by atoms with E-state index in [4.69, 9.17) is 0 Å². The first-order chi connectivity index (χ1) is 6.79. The second-order valence-electron chi connectivity index (χ2n) is 3.72. The number of carbonyl (C=O) groups excluding carboxylic acids is 1. The summed E-state index contributed by atoms with van der Waals surface area (Å²) in [6.07, 6.45) is 1.84. The highest BCUT2D eigenvalue weighted by molar-refractivity contribution is 7.10. The molecule has 1 aromatic rings. The molecule has 0 amide bonds. The van der Waals surface area contributed by atoms with Crippen molar-refractivity contribution in [3.05, 3.63) is 21.9 Å². The first kappa shape index (κ1) is 9.87. The number of nitrogens with zero attached hydrogens (tertiary/aromatic N) is 1. The summed E-state index contributed by atoms with van der Waals surface area (Å²) < 4.78 is 0. The Morgan fingerprint density at radius 2 is 2.43 bits per heavy atom. The Bertz CT molecular complexity index is 332. The van der Waals surface area contributed by atoms with Crippen molar-refractivity contribution in [2.24, 2.45) is 0 Å². The minimum absolute atomic E-state index is 0.389. The quantitative estimate of drug-likeness (QED) is 0.759. The number of aryl methyl sites for hydroxylation is 1. The van der Waals surface area contributed by atoms with Gasteiger partial charge in [0.1, 0.15) is 5.78 Å². The zero-order valence-electron chi connectivity index (χ0n) is 8.45. The number of carbonyl (C=O) groups is 1. The highest BCUT2D eigenvalue weighted by Gasteiger charge is 2.20. The Hall–Kier alpha value is -0.670. The van der Waals surface area contributed by atoms with Crippen LogP contribution < -0.4 is 0 Å². The number of likely N-dealkylation sites (tertiary alicyclic amines) is 1. The van der Waals surface area contributed by atoms with Crippen molar-refractivity contribution >= 4 is 17.1 Å². The summed E-state index contributed by atoms with van der Waals surface area (Å²) >= 11 is 1.81. The number of ketones is 1. The molecular formula is C11H15NOS. The molecule has 14 heavy (non-hydrogen) atoms. The van der Waals surface area contributed by atoms with Crippen LogP contribution in [0.2, 0.25) is 0 Å². The van der Waals surface area contributed by atoms with Gasteiger partial charge in [0.25, 0.3) is 0 Å². The van der Waals surface area contributed by atoms with Crippen LogP contribution in [-0.4, -0.2) is 23.8 Å². The monoisotopic (exact) mass is 209 g/mol. The van der Waals surface area contributed by atoms with Crippen molar-refractivity contribution in [1.29, 1.82) is 0 Å². The summed E-state index contributed by atoms with van der Waals surface area (Å²) in [7, 11) is 0. The van der Waals surface area contributed by atoms with Gasteiger partial charge in [-0.15, -0.1) is 11.3 Å². The molecule has 0 saturated carbocycles. The SMILES string of the molecule is CCc1ccsc1CN1CCC(=O)C1. The maximum absolute atomic E-state index is 11.1. The van der Waals surface area contributed by atoms with Crippen molar-refractivity contribution in [3.8, 4) is 0 Å². The van der Waals surface area contributed by atoms with E-state index in [0.717, 1.165) is 25.9 Å². The molecule has 0 radical (unpaired) electrons. The minimum Gasteiger partial charge on any atom is -0.298 e. The van der Waals surface area contributed by atoms with E-state index < -0.39 is 0 Å². The Kier molecular flexibility index (Phi) is 2.99. The van der Waals surface area contributed by atoms with Crippen molar-refractivity contribution < 1.29 is 4.79 Å². The lowest BCUT2D eigenvalue weighted by molar-refractivity contribution is -0.116. The molecule has 0 aliphatic carbocycles. The lowest BCUT2D eigenvalue weighted by Gasteiger charge is -2.13. The molecule has 1 aromatic heterocycles. The topological polar surface area (TPSA) is 20.3 Å². The molecule has 1 fully saturated rings. The lowest BCUT2D eigenvalue weighted by Crippen LogP contribution is -2.19. The third kappa shape index (κ3) is 2.04. The van der Waals surface area contributed by atoms with Gasteiger partial charge in [-0.1, -0.05) is 6.92 Å². The standard InChI is InChI=1S/C11H15NOS/c1-2-9-4-6-14-11(9)8-12-5-3-10(13)7-12/h4,6H,2-3,5,7-8H2,1H3. The third-order valence-corrected chi connectivity index (χ3v) is 3.64. The molecule has 2 rings (SSSR count). The third-order valence-electron chi connectivity index (χ3n) is 2.69. The van der Waals surface area contributed by atoms with Crippen LogP contribution >= 0.6 is 11.3 Å². The largest absolute Gasteiger partial charge is 0.298 e. The van der Waals surface area contributed by atoms with E-state index in [9.17, 15) is 4.79 Å². The minimum atomic E-state index is 0.389. The van der Waals surface area contributed by atoms with Crippen molar-refractivity contribution in [1.82, 2.24) is 4.90 Å². The Morgan fingerprint density at radius 3 is 3.07 bits per heavy atom. The number of Topliss-reactive ketones (excluding diaryl/α,β-unsaturated/α-hetero) is 1. The molecular weight excluding hydrogens is 194 g/mol. The zero-order chi connectivity index (χ0) is 9.97. The van der Waals surface area contributed by atoms with Gasteiger partial charge in [-0.2, -0.15) is 0 Å². The highest BCUT2D eigenvalue weighted by atomic mass is 32.1. The first-order valence-corrected chi connectivity index (χ1v) is 5.97. The molecule has 3 heteroatoms. The predicted molar refractivity (Wildman–Crippen MR) is 58.6 cm³/mol. The van der Waals surface area contributed by atoms with Crippen LogP contribution in [0.15, 0.2) is 11.4 Å². The van der Waals surface area contributed by atoms with Crippen LogP contribution in [0.4, 0.5) is 0 Å². The molecule has 0 unspecified atom stereocenters. The Balaban J connectivity index is 2.00. The summed E-state index contributed by atoms with van der Waals surface area (Å²) in [5.41, 5.74) is 1.44. The van der Waals surface area contributed by atoms with Crippen molar-refractivity contribution in [3.63, 3.8) is 0 Å². The fourth-order valence-corrected chi connectivity index (χ4v) is 2.87. The van der Waals surface area contributed by atoms with E-state index in [1.54, 1.807) is 0 Å². The molecule has 1 aliphatic rings. The molecule has 0 aromatic carbocycles. The second-order valence-corrected chi connectivity index (χ2v) is 4.72. The first-order valence-electron chi connectivity index (χ1n) is 5.09. The van der Waals surface area contributed by atoms with E-state index in [-0.39, 0.29) is 0 Å². The van der Waals surface area contributed by atoms with E-state index in [2.05, 4.69) is 23.3 Å². The number of hydrogen-bond acceptors (Lipinski definition) is 3. The van der Waals surface area contributed by atoms with E-state index >= 15 is 0 Å². The van der Waals surface area contributed by atoms with Gasteiger partial charge in [-0.3, -0.25) is 9.69 Å². The predicted octanol–water partition coefficient (Wildman–Crippen LogP) is 2.09. The lowest BCUT2D eigenvalue weighted by atomic mass is 10.2. The number of rotatable bonds is 3. The average Bonchev–Trinajstić information content (AvgIpc) is 2.76. The molecule has 0 atom stereocenters. The van der Waals surface area contributed by atoms with Crippen LogP contribution in [0.5, 0.6) is 0 Å². The van der Waals surface area contributed by atoms with Gasteiger partial charge in [0.05, 0.1) is 6.54 Å². The molecule has 0 bridgehead atoms. The van der Waals surface area contributed by atoms with Gasteiger partial charge >= 0.3 is 0 Å². The Morgan fingerprint density at radius 1 is 1.57 bits per heavy atom. The molecule has 0 N–H and O–H groups in total. The van der Waals surface area contributed by atoms with Crippen molar-refractivity contribution in [2.75, 3.05) is 13.1 Å². The maximum atomic E-state index is 11.1. The fourth-order valence-electron chi connectivity index (χ4n) is 1.85. The molecule has 1 aliphatic heterocycles. The smallest absolute Gasteiger partial charge is 0.148 e. The van der Waals surface area contributed by atoms with Crippen LogP contribution in [0.1, 0.15) is 23.8 Å². The van der Waals surface area contributed by atoms with Crippen LogP contribution in [0.25, 0.3) is 0 Å². The molecule has 2 heterocycles. The zero-order valence-corrected chi connectivity index (χ0v) is 9.27. The fraction of sp³-hybridized carbons (Fsp3) is 0.545. The van der Waals surface area contributed by atoms with E-state index in [0.29, 0.717) is 12.3 Å². The van der Waals surface area contributed by atoms with Gasteiger partial charge in [-0.25, -0.2) is 0 Å². The number of thiophene rings is 1. The van der Waals surface area contributed by atoms with E-state index in [1.807, 2.05) is 11.3 Å². The van der Waals surface area contributed by atoms with Crippen molar-refractivity contribution in [2.45, 2.75) is 26.3 Å². The van der Waals surface area contributed by atoms with Crippen LogP contribution in [0, 0.1) is 0 Å². The molecule has 76 valence electrons. The van der Waals surface area contributed by atoms with Gasteiger partial charge in [0, 0.05) is 24.4 Å².